The van der Waals surface area contributed by atoms with Crippen LogP contribution in [0, 0.1) is 6.92 Å². The molecule has 0 aliphatic carbocycles. The molecule has 1 aromatic heterocycles. The maximum Gasteiger partial charge on any atom is 0.416 e. The Labute approximate surface area is 133 Å². The van der Waals surface area contributed by atoms with E-state index in [0.29, 0.717) is 5.56 Å². The molecule has 0 aliphatic rings. The van der Waals surface area contributed by atoms with Gasteiger partial charge in [-0.1, -0.05) is 40.9 Å². The third-order valence-corrected chi connectivity index (χ3v) is 3.67. The Morgan fingerprint density at radius 2 is 1.71 bits per heavy atom. The van der Waals surface area contributed by atoms with Gasteiger partial charge < -0.3 is 5.32 Å². The fourth-order valence-electron chi connectivity index (χ4n) is 1.59. The highest BCUT2D eigenvalue weighted by atomic mass is 35.5. The van der Waals surface area contributed by atoms with Crippen molar-refractivity contribution >= 4 is 46.3 Å². The summed E-state index contributed by atoms with van der Waals surface area (Å²) in [4.78, 5) is 3.91. The van der Waals surface area contributed by atoms with Crippen LogP contribution in [-0.4, -0.2) is 4.98 Å². The minimum atomic E-state index is -4.43. The SMILES string of the molecule is Cc1ccc(C(F)(F)F)cc1Nc1nc(Cl)c(Cl)cc1Cl. The van der Waals surface area contributed by atoms with Gasteiger partial charge in [0.15, 0.2) is 5.82 Å². The Balaban J connectivity index is 2.42. The summed E-state index contributed by atoms with van der Waals surface area (Å²) in [6, 6.07) is 4.71. The average molecular weight is 356 g/mol. The lowest BCUT2D eigenvalue weighted by atomic mass is 10.1. The number of nitrogens with one attached hydrogen (secondary N) is 1. The number of hydrogen-bond donors (Lipinski definition) is 1. The van der Waals surface area contributed by atoms with Crippen molar-refractivity contribution in [2.24, 2.45) is 0 Å². The lowest BCUT2D eigenvalue weighted by Gasteiger charge is -2.14. The van der Waals surface area contributed by atoms with Crippen LogP contribution in [0.5, 0.6) is 0 Å². The van der Waals surface area contributed by atoms with Crippen molar-refractivity contribution in [3.8, 4) is 0 Å². The molecule has 0 bridgehead atoms. The summed E-state index contributed by atoms with van der Waals surface area (Å²) in [7, 11) is 0. The van der Waals surface area contributed by atoms with E-state index in [2.05, 4.69) is 10.3 Å². The van der Waals surface area contributed by atoms with E-state index < -0.39 is 11.7 Å². The summed E-state index contributed by atoms with van der Waals surface area (Å²) in [5.41, 5.74) is 0.0661. The van der Waals surface area contributed by atoms with Crippen LogP contribution in [-0.2, 0) is 6.18 Å². The van der Waals surface area contributed by atoms with Crippen molar-refractivity contribution < 1.29 is 13.2 Å². The molecular formula is C13H8Cl3F3N2. The summed E-state index contributed by atoms with van der Waals surface area (Å²) in [5, 5.41) is 3.06. The van der Waals surface area contributed by atoms with Gasteiger partial charge >= 0.3 is 6.18 Å². The van der Waals surface area contributed by atoms with E-state index >= 15 is 0 Å². The smallest absolute Gasteiger partial charge is 0.339 e. The van der Waals surface area contributed by atoms with Crippen LogP contribution in [0.3, 0.4) is 0 Å². The van der Waals surface area contributed by atoms with E-state index in [4.69, 9.17) is 34.8 Å². The monoisotopic (exact) mass is 354 g/mol. The molecule has 0 spiro atoms. The third kappa shape index (κ3) is 3.73. The Hall–Kier alpha value is -1.17. The second-order valence-electron chi connectivity index (χ2n) is 4.24. The second kappa shape index (κ2) is 5.91. The molecule has 1 N–H and O–H groups in total. The molecule has 0 unspecified atom stereocenters. The largest absolute Gasteiger partial charge is 0.416 e. The molecule has 0 saturated carbocycles. The van der Waals surface area contributed by atoms with E-state index in [9.17, 15) is 13.2 Å². The summed E-state index contributed by atoms with van der Waals surface area (Å²) in [6.45, 7) is 1.66. The first-order chi connectivity index (χ1) is 9.68. The quantitative estimate of drug-likeness (QED) is 0.657. The first-order valence-corrected chi connectivity index (χ1v) is 6.78. The minimum absolute atomic E-state index is 0.00759. The number of aromatic nitrogens is 1. The molecule has 2 aromatic rings. The predicted molar refractivity (Wildman–Crippen MR) is 78.7 cm³/mol. The number of hydrogen-bond acceptors (Lipinski definition) is 2. The number of alkyl halides is 3. The zero-order chi connectivity index (χ0) is 15.8. The van der Waals surface area contributed by atoms with E-state index in [-0.39, 0.29) is 26.7 Å². The lowest BCUT2D eigenvalue weighted by Crippen LogP contribution is -2.06. The van der Waals surface area contributed by atoms with Crippen molar-refractivity contribution in [3.05, 3.63) is 50.6 Å². The second-order valence-corrected chi connectivity index (χ2v) is 5.42. The number of benzene rings is 1. The van der Waals surface area contributed by atoms with Crippen LogP contribution in [0.2, 0.25) is 15.2 Å². The Kier molecular flexibility index (Phi) is 4.56. The van der Waals surface area contributed by atoms with Gasteiger partial charge in [0, 0.05) is 5.69 Å². The molecular weight excluding hydrogens is 348 g/mol. The molecule has 2 nitrogen and oxygen atoms in total. The van der Waals surface area contributed by atoms with Crippen molar-refractivity contribution in [2.45, 2.75) is 13.1 Å². The summed E-state index contributed by atoms with van der Waals surface area (Å²) in [6.07, 6.45) is -4.43. The molecule has 8 heteroatoms. The molecule has 2 rings (SSSR count). The summed E-state index contributed by atoms with van der Waals surface area (Å²) >= 11 is 17.5. The van der Waals surface area contributed by atoms with Crippen LogP contribution in [0.4, 0.5) is 24.7 Å². The van der Waals surface area contributed by atoms with Crippen LogP contribution in [0.1, 0.15) is 11.1 Å². The Bertz CT molecular complexity index is 687. The maximum atomic E-state index is 12.7. The molecule has 0 fully saturated rings. The van der Waals surface area contributed by atoms with Crippen LogP contribution in [0.25, 0.3) is 0 Å². The first-order valence-electron chi connectivity index (χ1n) is 5.65. The standard InChI is InChI=1S/C13H8Cl3F3N2/c1-6-2-3-7(13(17,18)19)4-10(6)20-12-9(15)5-8(14)11(16)21-12/h2-5H,1H3,(H,20,21). The number of aryl methyl sites for hydroxylation is 1. The Morgan fingerprint density at radius 3 is 2.33 bits per heavy atom. The van der Waals surface area contributed by atoms with Gasteiger partial charge in [-0.15, -0.1) is 0 Å². The third-order valence-electron chi connectivity index (χ3n) is 2.70. The van der Waals surface area contributed by atoms with E-state index in [1.807, 2.05) is 0 Å². The highest BCUT2D eigenvalue weighted by Crippen LogP contribution is 2.35. The number of halogens is 6. The number of rotatable bonds is 2. The Morgan fingerprint density at radius 1 is 1.05 bits per heavy atom. The molecule has 1 heterocycles. The number of pyridine rings is 1. The number of nitrogens with zero attached hydrogens (tertiary/aromatic N) is 1. The van der Waals surface area contributed by atoms with E-state index in [1.54, 1.807) is 6.92 Å². The molecule has 0 atom stereocenters. The highest BCUT2D eigenvalue weighted by Gasteiger charge is 2.30. The van der Waals surface area contributed by atoms with E-state index in [0.717, 1.165) is 12.1 Å². The van der Waals surface area contributed by atoms with Gasteiger partial charge in [-0.3, -0.25) is 0 Å². The van der Waals surface area contributed by atoms with Crippen molar-refractivity contribution in [3.63, 3.8) is 0 Å². The predicted octanol–water partition coefficient (Wildman–Crippen LogP) is 6.11. The van der Waals surface area contributed by atoms with Gasteiger partial charge in [0.25, 0.3) is 0 Å². The van der Waals surface area contributed by atoms with Crippen LogP contribution < -0.4 is 5.32 Å². The van der Waals surface area contributed by atoms with Gasteiger partial charge in [0.2, 0.25) is 0 Å². The van der Waals surface area contributed by atoms with Crippen molar-refractivity contribution in [2.75, 3.05) is 5.32 Å². The lowest BCUT2D eigenvalue weighted by molar-refractivity contribution is -0.137. The zero-order valence-corrected chi connectivity index (χ0v) is 12.8. The van der Waals surface area contributed by atoms with Gasteiger partial charge in [0.1, 0.15) is 5.15 Å². The molecule has 112 valence electrons. The molecule has 0 radical (unpaired) electrons. The highest BCUT2D eigenvalue weighted by molar-refractivity contribution is 6.43. The van der Waals surface area contributed by atoms with Gasteiger partial charge in [-0.05, 0) is 30.7 Å². The molecule has 21 heavy (non-hydrogen) atoms. The van der Waals surface area contributed by atoms with Crippen LogP contribution in [0.15, 0.2) is 24.3 Å². The number of anilines is 2. The fourth-order valence-corrected chi connectivity index (χ4v) is 2.14. The molecule has 0 saturated heterocycles. The maximum absolute atomic E-state index is 12.7. The topological polar surface area (TPSA) is 24.9 Å². The first kappa shape index (κ1) is 16.2. The minimum Gasteiger partial charge on any atom is -0.339 e. The van der Waals surface area contributed by atoms with Crippen molar-refractivity contribution in [1.82, 2.24) is 4.98 Å². The van der Waals surface area contributed by atoms with E-state index in [1.165, 1.54) is 12.1 Å². The summed E-state index contributed by atoms with van der Waals surface area (Å²) < 4.78 is 38.2. The molecule has 1 aromatic carbocycles. The van der Waals surface area contributed by atoms with Gasteiger partial charge in [0.05, 0.1) is 15.6 Å². The molecule has 0 amide bonds. The van der Waals surface area contributed by atoms with Gasteiger partial charge in [-0.2, -0.15) is 13.2 Å². The summed E-state index contributed by atoms with van der Waals surface area (Å²) in [5.74, 6) is 0.133. The fraction of sp³-hybridized carbons (Fsp3) is 0.154. The van der Waals surface area contributed by atoms with Crippen molar-refractivity contribution in [1.29, 1.82) is 0 Å². The molecule has 0 aliphatic heterocycles. The zero-order valence-electron chi connectivity index (χ0n) is 10.5. The average Bonchev–Trinajstić information content (AvgIpc) is 2.37. The van der Waals surface area contributed by atoms with Crippen LogP contribution >= 0.6 is 34.8 Å². The van der Waals surface area contributed by atoms with Gasteiger partial charge in [-0.25, -0.2) is 4.98 Å². The normalized spacial score (nSPS) is 11.6.